The lowest BCUT2D eigenvalue weighted by Crippen LogP contribution is -2.23. The van der Waals surface area contributed by atoms with E-state index in [0.717, 1.165) is 16.9 Å². The summed E-state index contributed by atoms with van der Waals surface area (Å²) in [5, 5.41) is 5.00. The topological polar surface area (TPSA) is 104 Å². The molecule has 1 aromatic carbocycles. The normalized spacial score (nSPS) is 10.2. The number of benzene rings is 1. The number of hydrogen-bond acceptors (Lipinski definition) is 8. The number of rotatable bonds is 8. The van der Waals surface area contributed by atoms with E-state index in [-0.39, 0.29) is 13.0 Å². The molecule has 1 amide bonds. The molecule has 1 aromatic heterocycles. The maximum atomic E-state index is 11.8. The van der Waals surface area contributed by atoms with Gasteiger partial charge in [0.25, 0.3) is 5.91 Å². The Hall–Kier alpha value is -2.65. The minimum absolute atomic E-state index is 0.0133. The Kier molecular flexibility index (Phi) is 7.56. The molecule has 0 unspecified atom stereocenters. The van der Waals surface area contributed by atoms with Gasteiger partial charge in [0.15, 0.2) is 18.3 Å². The number of carbonyl (C=O) groups excluding carboxylic acids is 3. The van der Waals surface area contributed by atoms with Crippen LogP contribution in [0, 0.1) is 6.92 Å². The van der Waals surface area contributed by atoms with Crippen molar-refractivity contribution in [3.63, 3.8) is 0 Å². The van der Waals surface area contributed by atoms with E-state index in [2.05, 4.69) is 15.0 Å². The SMILES string of the molecule is COC(=O)Cc1csc(NC(=O)COC(=O)COc2ccc(Cl)c(C)c2)n1. The summed E-state index contributed by atoms with van der Waals surface area (Å²) >= 11 is 7.06. The monoisotopic (exact) mass is 412 g/mol. The van der Waals surface area contributed by atoms with Gasteiger partial charge in [-0.25, -0.2) is 9.78 Å². The number of nitrogens with zero attached hydrogens (tertiary/aromatic N) is 1. The highest BCUT2D eigenvalue weighted by Gasteiger charge is 2.12. The first-order valence-electron chi connectivity index (χ1n) is 7.73. The Morgan fingerprint density at radius 1 is 1.22 bits per heavy atom. The number of amides is 1. The van der Waals surface area contributed by atoms with E-state index in [0.29, 0.717) is 21.6 Å². The fourth-order valence-corrected chi connectivity index (χ4v) is 2.70. The number of hydrogen-bond donors (Lipinski definition) is 1. The zero-order valence-electron chi connectivity index (χ0n) is 14.6. The number of aromatic nitrogens is 1. The first-order valence-corrected chi connectivity index (χ1v) is 8.98. The van der Waals surface area contributed by atoms with Crippen molar-refractivity contribution >= 4 is 45.9 Å². The molecule has 0 radical (unpaired) electrons. The van der Waals surface area contributed by atoms with E-state index in [4.69, 9.17) is 21.1 Å². The summed E-state index contributed by atoms with van der Waals surface area (Å²) < 4.78 is 14.7. The van der Waals surface area contributed by atoms with Crippen LogP contribution in [0.2, 0.25) is 5.02 Å². The molecule has 144 valence electrons. The molecule has 0 fully saturated rings. The van der Waals surface area contributed by atoms with Crippen LogP contribution in [-0.2, 0) is 30.3 Å². The lowest BCUT2D eigenvalue weighted by atomic mass is 10.2. The van der Waals surface area contributed by atoms with Crippen molar-refractivity contribution in [2.75, 3.05) is 25.6 Å². The molecule has 8 nitrogen and oxygen atoms in total. The molecule has 2 rings (SSSR count). The van der Waals surface area contributed by atoms with Crippen molar-refractivity contribution in [3.05, 3.63) is 39.9 Å². The molecule has 0 bridgehead atoms. The molecule has 1 N–H and O–H groups in total. The van der Waals surface area contributed by atoms with Crippen molar-refractivity contribution in [2.24, 2.45) is 0 Å². The molecule has 0 saturated carbocycles. The highest BCUT2D eigenvalue weighted by Crippen LogP contribution is 2.21. The van der Waals surface area contributed by atoms with Crippen LogP contribution >= 0.6 is 22.9 Å². The third-order valence-corrected chi connectivity index (χ3v) is 4.43. The average Bonchev–Trinajstić information content (AvgIpc) is 3.07. The van der Waals surface area contributed by atoms with Gasteiger partial charge < -0.3 is 14.2 Å². The maximum absolute atomic E-state index is 11.8. The van der Waals surface area contributed by atoms with E-state index in [1.165, 1.54) is 7.11 Å². The van der Waals surface area contributed by atoms with Crippen LogP contribution in [0.1, 0.15) is 11.3 Å². The van der Waals surface area contributed by atoms with Crippen LogP contribution in [0.4, 0.5) is 5.13 Å². The molecule has 1 heterocycles. The van der Waals surface area contributed by atoms with E-state index < -0.39 is 24.5 Å². The van der Waals surface area contributed by atoms with Crippen LogP contribution in [-0.4, -0.2) is 43.2 Å². The Morgan fingerprint density at radius 3 is 2.70 bits per heavy atom. The van der Waals surface area contributed by atoms with Gasteiger partial charge in [0.05, 0.1) is 19.2 Å². The Morgan fingerprint density at radius 2 is 2.00 bits per heavy atom. The van der Waals surface area contributed by atoms with Gasteiger partial charge in [-0.1, -0.05) is 11.6 Å². The van der Waals surface area contributed by atoms with Gasteiger partial charge in [-0.15, -0.1) is 11.3 Å². The highest BCUT2D eigenvalue weighted by molar-refractivity contribution is 7.13. The number of anilines is 1. The van der Waals surface area contributed by atoms with Crippen LogP contribution in [0.15, 0.2) is 23.6 Å². The van der Waals surface area contributed by atoms with Crippen molar-refractivity contribution < 1.29 is 28.6 Å². The summed E-state index contributed by atoms with van der Waals surface area (Å²) in [6.07, 6.45) is 0.0133. The number of methoxy groups -OCH3 is 1. The van der Waals surface area contributed by atoms with E-state index >= 15 is 0 Å². The van der Waals surface area contributed by atoms with Crippen LogP contribution in [0.5, 0.6) is 5.75 Å². The molecule has 0 spiro atoms. The molecular weight excluding hydrogens is 396 g/mol. The zero-order valence-corrected chi connectivity index (χ0v) is 16.2. The molecular formula is C17H17ClN2O6S. The third-order valence-electron chi connectivity index (χ3n) is 3.20. The summed E-state index contributed by atoms with van der Waals surface area (Å²) in [5.41, 5.74) is 1.29. The van der Waals surface area contributed by atoms with Gasteiger partial charge in [-0.3, -0.25) is 14.9 Å². The summed E-state index contributed by atoms with van der Waals surface area (Å²) in [5.74, 6) is -1.20. The number of thiazole rings is 1. The van der Waals surface area contributed by atoms with Gasteiger partial charge in [0, 0.05) is 10.4 Å². The Bertz CT molecular complexity index is 839. The molecule has 2 aromatic rings. The van der Waals surface area contributed by atoms with Crippen molar-refractivity contribution in [1.29, 1.82) is 0 Å². The first kappa shape index (κ1) is 20.7. The van der Waals surface area contributed by atoms with Gasteiger partial charge >= 0.3 is 11.9 Å². The molecule has 0 aliphatic heterocycles. The molecule has 10 heteroatoms. The summed E-state index contributed by atoms with van der Waals surface area (Å²) in [4.78, 5) is 38.7. The van der Waals surface area contributed by atoms with E-state index in [1.54, 1.807) is 23.6 Å². The van der Waals surface area contributed by atoms with Crippen LogP contribution in [0.25, 0.3) is 0 Å². The van der Waals surface area contributed by atoms with Crippen molar-refractivity contribution in [3.8, 4) is 5.75 Å². The average molecular weight is 413 g/mol. The lowest BCUT2D eigenvalue weighted by molar-refractivity contribution is -0.149. The minimum Gasteiger partial charge on any atom is -0.482 e. The fraction of sp³-hybridized carbons (Fsp3) is 0.294. The second-order valence-electron chi connectivity index (χ2n) is 5.31. The quantitative estimate of drug-likeness (QED) is 0.664. The number of halogens is 1. The van der Waals surface area contributed by atoms with Crippen LogP contribution in [0.3, 0.4) is 0 Å². The van der Waals surface area contributed by atoms with Crippen LogP contribution < -0.4 is 10.1 Å². The number of aryl methyl sites for hydroxylation is 1. The molecule has 27 heavy (non-hydrogen) atoms. The Labute approximate surface area is 164 Å². The maximum Gasteiger partial charge on any atom is 0.344 e. The lowest BCUT2D eigenvalue weighted by Gasteiger charge is -2.08. The van der Waals surface area contributed by atoms with Gasteiger partial charge in [-0.2, -0.15) is 0 Å². The predicted molar refractivity (Wildman–Crippen MR) is 99.1 cm³/mol. The number of esters is 2. The molecule has 0 saturated heterocycles. The third kappa shape index (κ3) is 6.87. The predicted octanol–water partition coefficient (Wildman–Crippen LogP) is 2.38. The largest absolute Gasteiger partial charge is 0.482 e. The summed E-state index contributed by atoms with van der Waals surface area (Å²) in [6.45, 7) is 0.996. The van der Waals surface area contributed by atoms with Crippen molar-refractivity contribution in [1.82, 2.24) is 4.98 Å². The summed E-state index contributed by atoms with van der Waals surface area (Å²) in [6, 6.07) is 4.98. The smallest absolute Gasteiger partial charge is 0.344 e. The second kappa shape index (κ2) is 9.89. The van der Waals surface area contributed by atoms with Gasteiger partial charge in [0.2, 0.25) is 0 Å². The van der Waals surface area contributed by atoms with Crippen molar-refractivity contribution in [2.45, 2.75) is 13.3 Å². The fourth-order valence-electron chi connectivity index (χ4n) is 1.86. The molecule has 0 atom stereocenters. The minimum atomic E-state index is -0.691. The highest BCUT2D eigenvalue weighted by atomic mass is 35.5. The first-order chi connectivity index (χ1) is 12.9. The second-order valence-corrected chi connectivity index (χ2v) is 6.57. The number of ether oxygens (including phenoxy) is 3. The van der Waals surface area contributed by atoms with Gasteiger partial charge in [-0.05, 0) is 30.7 Å². The van der Waals surface area contributed by atoms with E-state index in [9.17, 15) is 14.4 Å². The number of nitrogens with one attached hydrogen (secondary N) is 1. The van der Waals surface area contributed by atoms with Gasteiger partial charge in [0.1, 0.15) is 5.75 Å². The Balaban J connectivity index is 1.72. The standard InChI is InChI=1S/C17H17ClN2O6S/c1-10-5-12(3-4-13(10)18)25-8-16(23)26-7-14(21)20-17-19-11(9-27-17)6-15(22)24-2/h3-5,9H,6-8H2,1-2H3,(H,19,20,21). The number of carbonyl (C=O) groups is 3. The molecule has 0 aliphatic carbocycles. The summed E-state index contributed by atoms with van der Waals surface area (Å²) in [7, 11) is 1.28. The molecule has 0 aliphatic rings. The zero-order chi connectivity index (χ0) is 19.8. The van der Waals surface area contributed by atoms with E-state index in [1.807, 2.05) is 6.92 Å².